The van der Waals surface area contributed by atoms with E-state index in [0.717, 1.165) is 32.5 Å². The summed E-state index contributed by atoms with van der Waals surface area (Å²) in [5.41, 5.74) is 2.89. The maximum absolute atomic E-state index is 13.2. The van der Waals surface area contributed by atoms with Crippen LogP contribution in [0.15, 0.2) is 58.4 Å². The molecule has 0 saturated heterocycles. The molecule has 2 heterocycles. The van der Waals surface area contributed by atoms with E-state index in [-0.39, 0.29) is 22.6 Å². The van der Waals surface area contributed by atoms with Crippen LogP contribution in [0, 0.1) is 12.8 Å². The van der Waals surface area contributed by atoms with Gasteiger partial charge in [0.15, 0.2) is 0 Å². The van der Waals surface area contributed by atoms with Crippen molar-refractivity contribution in [1.82, 2.24) is 4.98 Å². The van der Waals surface area contributed by atoms with E-state index in [1.807, 2.05) is 55.5 Å². The zero-order valence-corrected chi connectivity index (χ0v) is 17.2. The molecule has 0 aliphatic carbocycles. The SMILES string of the molecule is COc1cccc(C2c3sc(=O)[nH]c3SCC2C(=O)Nc2ccc(C)cc2)c1. The predicted molar refractivity (Wildman–Crippen MR) is 114 cm³/mol. The molecule has 2 unspecified atom stereocenters. The molecule has 0 fully saturated rings. The van der Waals surface area contributed by atoms with Crippen molar-refractivity contribution in [2.45, 2.75) is 17.9 Å². The number of nitrogens with one attached hydrogen (secondary N) is 2. The molecule has 2 aromatic carbocycles. The molecule has 0 spiro atoms. The second-order valence-electron chi connectivity index (χ2n) is 6.73. The van der Waals surface area contributed by atoms with Crippen LogP contribution in [0.3, 0.4) is 0 Å². The van der Waals surface area contributed by atoms with Gasteiger partial charge in [-0.15, -0.1) is 11.8 Å². The van der Waals surface area contributed by atoms with Gasteiger partial charge in [-0.25, -0.2) is 0 Å². The van der Waals surface area contributed by atoms with E-state index in [1.165, 1.54) is 23.1 Å². The first-order valence-corrected chi connectivity index (χ1v) is 10.7. The highest BCUT2D eigenvalue weighted by Crippen LogP contribution is 2.46. The van der Waals surface area contributed by atoms with Crippen molar-refractivity contribution in [2.75, 3.05) is 18.2 Å². The molecule has 4 rings (SSSR count). The van der Waals surface area contributed by atoms with Crippen molar-refractivity contribution >= 4 is 34.7 Å². The van der Waals surface area contributed by atoms with Crippen LogP contribution in [0.5, 0.6) is 5.75 Å². The number of thioether (sulfide) groups is 1. The number of fused-ring (bicyclic) bond motifs is 1. The number of amides is 1. The largest absolute Gasteiger partial charge is 0.497 e. The second kappa shape index (κ2) is 7.85. The van der Waals surface area contributed by atoms with Gasteiger partial charge in [0, 0.05) is 22.2 Å². The lowest BCUT2D eigenvalue weighted by atomic mass is 9.85. The molecule has 7 heteroatoms. The molecule has 2 N–H and O–H groups in total. The number of hydrogen-bond donors (Lipinski definition) is 2. The molecule has 2 atom stereocenters. The molecule has 1 aliphatic heterocycles. The second-order valence-corrected chi connectivity index (χ2v) is 8.78. The Morgan fingerprint density at radius 1 is 1.21 bits per heavy atom. The van der Waals surface area contributed by atoms with Gasteiger partial charge in [0.25, 0.3) is 0 Å². The van der Waals surface area contributed by atoms with Crippen molar-refractivity contribution in [3.8, 4) is 5.75 Å². The third-order valence-electron chi connectivity index (χ3n) is 4.84. The number of anilines is 1. The van der Waals surface area contributed by atoms with Crippen LogP contribution in [0.2, 0.25) is 0 Å². The molecule has 144 valence electrons. The number of H-pyrrole nitrogens is 1. The molecule has 0 bridgehead atoms. The number of aryl methyl sites for hydroxylation is 1. The van der Waals surface area contributed by atoms with Crippen LogP contribution in [0.1, 0.15) is 21.9 Å². The molecular formula is C21H20N2O3S2. The highest BCUT2D eigenvalue weighted by atomic mass is 32.2. The molecule has 1 aliphatic rings. The zero-order valence-electron chi connectivity index (χ0n) is 15.5. The summed E-state index contributed by atoms with van der Waals surface area (Å²) in [5, 5.41) is 3.90. The summed E-state index contributed by atoms with van der Waals surface area (Å²) in [6.45, 7) is 2.01. The normalized spacial score (nSPS) is 18.4. The number of benzene rings is 2. The molecule has 5 nitrogen and oxygen atoms in total. The molecule has 1 amide bonds. The minimum atomic E-state index is -0.294. The highest BCUT2D eigenvalue weighted by molar-refractivity contribution is 7.99. The topological polar surface area (TPSA) is 71.2 Å². The van der Waals surface area contributed by atoms with E-state index in [0.29, 0.717) is 5.75 Å². The fourth-order valence-corrected chi connectivity index (χ4v) is 5.82. The van der Waals surface area contributed by atoms with Crippen molar-refractivity contribution in [3.05, 3.63) is 74.2 Å². The van der Waals surface area contributed by atoms with Gasteiger partial charge in [-0.05, 0) is 36.8 Å². The van der Waals surface area contributed by atoms with Crippen molar-refractivity contribution in [1.29, 1.82) is 0 Å². The van der Waals surface area contributed by atoms with Crippen LogP contribution in [0.25, 0.3) is 0 Å². The lowest BCUT2D eigenvalue weighted by Gasteiger charge is -2.30. The Kier molecular flexibility index (Phi) is 5.28. The number of methoxy groups -OCH3 is 1. The molecule has 0 radical (unpaired) electrons. The minimum absolute atomic E-state index is 0.0457. The molecule has 0 saturated carbocycles. The fraction of sp³-hybridized carbons (Fsp3) is 0.238. The Balaban J connectivity index is 1.71. The lowest BCUT2D eigenvalue weighted by molar-refractivity contribution is -0.119. The molecular weight excluding hydrogens is 392 g/mol. The summed E-state index contributed by atoms with van der Waals surface area (Å²) >= 11 is 2.71. The quantitative estimate of drug-likeness (QED) is 0.672. The van der Waals surface area contributed by atoms with E-state index < -0.39 is 0 Å². The standard InChI is InChI=1S/C21H20N2O3S2/c1-12-6-8-14(9-7-12)22-19(24)16-11-27-20-18(28-21(25)23-20)17(16)13-4-3-5-15(10-13)26-2/h3-10,16-17H,11H2,1-2H3,(H,22,24)(H,23,25). The van der Waals surface area contributed by atoms with Gasteiger partial charge in [-0.3, -0.25) is 9.59 Å². The maximum atomic E-state index is 13.2. The van der Waals surface area contributed by atoms with Crippen LogP contribution in [-0.2, 0) is 4.79 Å². The number of aromatic amines is 1. The first-order chi connectivity index (χ1) is 13.5. The Morgan fingerprint density at radius 3 is 2.75 bits per heavy atom. The van der Waals surface area contributed by atoms with E-state index in [2.05, 4.69) is 10.3 Å². The van der Waals surface area contributed by atoms with E-state index in [4.69, 9.17) is 4.74 Å². The van der Waals surface area contributed by atoms with Crippen molar-refractivity contribution < 1.29 is 9.53 Å². The summed E-state index contributed by atoms with van der Waals surface area (Å²) in [7, 11) is 1.62. The van der Waals surface area contributed by atoms with Gasteiger partial charge in [-0.1, -0.05) is 41.2 Å². The highest BCUT2D eigenvalue weighted by Gasteiger charge is 2.38. The van der Waals surface area contributed by atoms with Crippen LogP contribution in [-0.4, -0.2) is 23.8 Å². The number of carbonyl (C=O) groups is 1. The Labute approximate surface area is 171 Å². The van der Waals surface area contributed by atoms with Crippen LogP contribution < -0.4 is 14.9 Å². The van der Waals surface area contributed by atoms with E-state index in [1.54, 1.807) is 7.11 Å². The Hall–Kier alpha value is -2.51. The van der Waals surface area contributed by atoms with Gasteiger partial charge in [0.1, 0.15) is 5.75 Å². The first kappa shape index (κ1) is 18.8. The molecule has 3 aromatic rings. The number of carbonyl (C=O) groups excluding carboxylic acids is 1. The van der Waals surface area contributed by atoms with Gasteiger partial charge in [0.2, 0.25) is 5.91 Å². The third kappa shape index (κ3) is 3.72. The van der Waals surface area contributed by atoms with Crippen molar-refractivity contribution in [2.24, 2.45) is 5.92 Å². The summed E-state index contributed by atoms with van der Waals surface area (Å²) in [6.07, 6.45) is 0. The van der Waals surface area contributed by atoms with E-state index >= 15 is 0 Å². The summed E-state index contributed by atoms with van der Waals surface area (Å²) in [4.78, 5) is 28.9. The van der Waals surface area contributed by atoms with Gasteiger partial charge in [-0.2, -0.15) is 0 Å². The number of thiazole rings is 1. The zero-order chi connectivity index (χ0) is 19.7. The van der Waals surface area contributed by atoms with E-state index in [9.17, 15) is 9.59 Å². The van der Waals surface area contributed by atoms with Gasteiger partial charge >= 0.3 is 4.87 Å². The molecule has 1 aromatic heterocycles. The average molecular weight is 413 g/mol. The monoisotopic (exact) mass is 412 g/mol. The minimum Gasteiger partial charge on any atom is -0.497 e. The smallest absolute Gasteiger partial charge is 0.305 e. The Morgan fingerprint density at radius 2 is 2.00 bits per heavy atom. The van der Waals surface area contributed by atoms with Gasteiger partial charge < -0.3 is 15.0 Å². The number of aromatic nitrogens is 1. The third-order valence-corrected chi connectivity index (χ3v) is 7.07. The predicted octanol–water partition coefficient (Wildman–Crippen LogP) is 4.25. The average Bonchev–Trinajstić information content (AvgIpc) is 3.09. The Bertz CT molecular complexity index is 1060. The van der Waals surface area contributed by atoms with Gasteiger partial charge in [0.05, 0.1) is 18.1 Å². The van der Waals surface area contributed by atoms with Crippen LogP contribution >= 0.6 is 23.1 Å². The number of ether oxygens (including phenoxy) is 1. The summed E-state index contributed by atoms with van der Waals surface area (Å²) in [5.74, 6) is 0.797. The van der Waals surface area contributed by atoms with Crippen molar-refractivity contribution in [3.63, 3.8) is 0 Å². The number of hydrogen-bond acceptors (Lipinski definition) is 5. The summed E-state index contributed by atoms with van der Waals surface area (Å²) in [6, 6.07) is 15.5. The lowest BCUT2D eigenvalue weighted by Crippen LogP contribution is -2.32. The first-order valence-electron chi connectivity index (χ1n) is 8.92. The fourth-order valence-electron chi connectivity index (χ4n) is 3.41. The van der Waals surface area contributed by atoms with Crippen LogP contribution in [0.4, 0.5) is 5.69 Å². The summed E-state index contributed by atoms with van der Waals surface area (Å²) < 4.78 is 5.37. The number of rotatable bonds is 4. The maximum Gasteiger partial charge on any atom is 0.305 e. The molecule has 28 heavy (non-hydrogen) atoms.